The second-order valence-electron chi connectivity index (χ2n) is 8.78. The lowest BCUT2D eigenvalue weighted by molar-refractivity contribution is -0.137. The van der Waals surface area contributed by atoms with E-state index in [0.29, 0.717) is 0 Å². The minimum absolute atomic E-state index is 0.0737. The summed E-state index contributed by atoms with van der Waals surface area (Å²) >= 11 is 0. The van der Waals surface area contributed by atoms with E-state index in [1.165, 1.54) is 41.8 Å². The Kier molecular flexibility index (Phi) is 15.2. The lowest BCUT2D eigenvalue weighted by Gasteiger charge is -2.31. The Morgan fingerprint density at radius 1 is 1.16 bits per heavy atom. The quantitative estimate of drug-likeness (QED) is 0.369. The third-order valence-corrected chi connectivity index (χ3v) is 6.48. The van der Waals surface area contributed by atoms with Crippen LogP contribution < -0.4 is 0 Å². The van der Waals surface area contributed by atoms with Crippen molar-refractivity contribution in [1.82, 2.24) is 4.90 Å². The van der Waals surface area contributed by atoms with Gasteiger partial charge < -0.3 is 10.0 Å². The van der Waals surface area contributed by atoms with Crippen LogP contribution in [0.15, 0.2) is 59.6 Å². The number of rotatable bonds is 5. The molecule has 0 radical (unpaired) electrons. The van der Waals surface area contributed by atoms with E-state index in [9.17, 15) is 26.0 Å². The van der Waals surface area contributed by atoms with Crippen molar-refractivity contribution < 1.29 is 35.9 Å². The number of aliphatic carboxylic acids is 1. The molecule has 1 N–H and O–H groups in total. The molecule has 0 bridgehead atoms. The van der Waals surface area contributed by atoms with Gasteiger partial charge in [0.1, 0.15) is 0 Å². The molecular formula is C28H41F4NO4S. The van der Waals surface area contributed by atoms with Gasteiger partial charge in [-0.1, -0.05) is 39.5 Å². The maximum Gasteiger partial charge on any atom is 0.416 e. The second kappa shape index (κ2) is 16.4. The first-order valence-electron chi connectivity index (χ1n) is 12.6. The van der Waals surface area contributed by atoms with Crippen LogP contribution in [0, 0.1) is 0 Å². The maximum absolute atomic E-state index is 12.7. The van der Waals surface area contributed by atoms with Crippen LogP contribution in [0.1, 0.15) is 83.9 Å². The summed E-state index contributed by atoms with van der Waals surface area (Å²) in [5.74, 6) is -1.41. The van der Waals surface area contributed by atoms with Crippen LogP contribution >= 0.6 is 0 Å². The molecule has 3 rings (SSSR count). The molecule has 2 aliphatic rings. The minimum atomic E-state index is -4.28. The van der Waals surface area contributed by atoms with Crippen LogP contribution in [0.4, 0.5) is 17.6 Å². The number of alkyl halides is 3. The molecule has 1 aliphatic heterocycles. The van der Waals surface area contributed by atoms with Crippen molar-refractivity contribution in [2.75, 3.05) is 18.6 Å². The SMILES string of the molecule is C=C1CN([C@@H](C)c2ccc(C(F)(F)F)cc2)C2=C1CCCC2.CC.CC(=O)O.CC/C(F)=C\CS(C)(=O)=O. The highest BCUT2D eigenvalue weighted by Crippen LogP contribution is 2.42. The number of benzene rings is 1. The fourth-order valence-corrected chi connectivity index (χ4v) is 4.35. The smallest absolute Gasteiger partial charge is 0.416 e. The molecule has 38 heavy (non-hydrogen) atoms. The highest BCUT2D eigenvalue weighted by Gasteiger charge is 2.32. The zero-order valence-corrected chi connectivity index (χ0v) is 24.0. The number of carbonyl (C=O) groups is 1. The van der Waals surface area contributed by atoms with Gasteiger partial charge in [-0.15, -0.1) is 0 Å². The third-order valence-electron chi connectivity index (χ3n) is 5.71. The highest BCUT2D eigenvalue weighted by atomic mass is 32.2. The number of hydrogen-bond acceptors (Lipinski definition) is 4. The van der Waals surface area contributed by atoms with Crippen LogP contribution in [0.5, 0.6) is 0 Å². The van der Waals surface area contributed by atoms with E-state index in [1.54, 1.807) is 19.1 Å². The normalized spacial score (nSPS) is 16.2. The van der Waals surface area contributed by atoms with Crippen molar-refractivity contribution in [3.05, 3.63) is 70.7 Å². The molecule has 1 atom stereocenters. The topological polar surface area (TPSA) is 74.7 Å². The van der Waals surface area contributed by atoms with Crippen molar-refractivity contribution in [2.24, 2.45) is 0 Å². The monoisotopic (exact) mass is 563 g/mol. The predicted molar refractivity (Wildman–Crippen MR) is 145 cm³/mol. The molecular weight excluding hydrogens is 522 g/mol. The van der Waals surface area contributed by atoms with Crippen LogP contribution in [0.2, 0.25) is 0 Å². The molecule has 1 aliphatic carbocycles. The Morgan fingerprint density at radius 3 is 2.11 bits per heavy atom. The third kappa shape index (κ3) is 12.8. The summed E-state index contributed by atoms with van der Waals surface area (Å²) in [6, 6.07) is 5.61. The van der Waals surface area contributed by atoms with E-state index >= 15 is 0 Å². The Morgan fingerprint density at radius 2 is 1.66 bits per heavy atom. The summed E-state index contributed by atoms with van der Waals surface area (Å²) in [4.78, 5) is 11.3. The first-order valence-corrected chi connectivity index (χ1v) is 14.7. The average molecular weight is 564 g/mol. The molecule has 1 heterocycles. The minimum Gasteiger partial charge on any atom is -0.481 e. The molecule has 0 unspecified atom stereocenters. The van der Waals surface area contributed by atoms with Crippen molar-refractivity contribution >= 4 is 15.8 Å². The average Bonchev–Trinajstić information content (AvgIpc) is 3.19. The van der Waals surface area contributed by atoms with E-state index in [2.05, 4.69) is 18.4 Å². The zero-order chi connectivity index (χ0) is 29.7. The number of carboxylic acids is 1. The molecule has 0 fully saturated rings. The van der Waals surface area contributed by atoms with Gasteiger partial charge in [0.25, 0.3) is 5.97 Å². The van der Waals surface area contributed by atoms with E-state index in [0.717, 1.165) is 44.2 Å². The van der Waals surface area contributed by atoms with Gasteiger partial charge in [0.05, 0.1) is 23.2 Å². The second-order valence-corrected chi connectivity index (χ2v) is 11.0. The number of allylic oxidation sites excluding steroid dienone is 2. The molecule has 0 spiro atoms. The van der Waals surface area contributed by atoms with E-state index in [-0.39, 0.29) is 24.0 Å². The van der Waals surface area contributed by atoms with E-state index in [4.69, 9.17) is 9.90 Å². The summed E-state index contributed by atoms with van der Waals surface area (Å²) in [6.07, 6.45) is 2.69. The number of hydrogen-bond donors (Lipinski definition) is 1. The molecule has 0 amide bonds. The zero-order valence-electron chi connectivity index (χ0n) is 23.2. The van der Waals surface area contributed by atoms with Crippen LogP contribution in [-0.2, 0) is 20.8 Å². The van der Waals surface area contributed by atoms with Crippen molar-refractivity contribution in [1.29, 1.82) is 0 Å². The molecule has 0 saturated heterocycles. The first kappa shape index (κ1) is 35.4. The Balaban J connectivity index is 0.000000717. The summed E-state index contributed by atoms with van der Waals surface area (Å²) in [5.41, 5.74) is 4.23. The molecule has 0 aromatic heterocycles. The maximum atomic E-state index is 12.7. The van der Waals surface area contributed by atoms with Crippen molar-refractivity contribution in [3.63, 3.8) is 0 Å². The summed E-state index contributed by atoms with van der Waals surface area (Å²) < 4.78 is 71.1. The standard InChI is InChI=1S/C18H20F3N.C6H11FO2S.C2H4O2.C2H6/c1-12-11-22(17-6-4-3-5-16(12)17)13(2)14-7-9-15(10-8-14)18(19,20)21;1-3-6(7)4-5-10(2,8)9;1-2(3)4;1-2/h7-10,13H,1,3-6,11H2,2H3;4H,3,5H2,1-2H3;1H3,(H,3,4);1-2H3/b;6-4+;;/t13-;;;/m0.../s1. The molecule has 1 aromatic rings. The van der Waals surface area contributed by atoms with Gasteiger partial charge in [-0.2, -0.15) is 13.2 Å². The van der Waals surface area contributed by atoms with Crippen LogP contribution in [0.25, 0.3) is 0 Å². The van der Waals surface area contributed by atoms with Gasteiger partial charge in [0.2, 0.25) is 0 Å². The van der Waals surface area contributed by atoms with Crippen LogP contribution in [0.3, 0.4) is 0 Å². The summed E-state index contributed by atoms with van der Waals surface area (Å²) in [6.45, 7) is 13.7. The van der Waals surface area contributed by atoms with Gasteiger partial charge in [0, 0.05) is 25.4 Å². The van der Waals surface area contributed by atoms with Crippen LogP contribution in [-0.4, -0.2) is 42.9 Å². The lowest BCUT2D eigenvalue weighted by atomic mass is 9.94. The summed E-state index contributed by atoms with van der Waals surface area (Å²) in [7, 11) is -3.05. The number of carboxylic acid groups (broad SMARTS) is 1. The molecule has 10 heteroatoms. The number of halogens is 4. The predicted octanol–water partition coefficient (Wildman–Crippen LogP) is 7.88. The molecule has 0 saturated carbocycles. The van der Waals surface area contributed by atoms with E-state index < -0.39 is 27.5 Å². The van der Waals surface area contributed by atoms with Gasteiger partial charge in [-0.05, 0) is 73.9 Å². The number of sulfone groups is 1. The Bertz CT molecular complexity index is 1070. The Labute approximate surface area is 224 Å². The van der Waals surface area contributed by atoms with Gasteiger partial charge in [0.15, 0.2) is 9.84 Å². The van der Waals surface area contributed by atoms with Gasteiger partial charge >= 0.3 is 6.18 Å². The first-order chi connectivity index (χ1) is 17.6. The van der Waals surface area contributed by atoms with E-state index in [1.807, 2.05) is 13.8 Å². The van der Waals surface area contributed by atoms with Gasteiger partial charge in [-0.3, -0.25) is 4.79 Å². The summed E-state index contributed by atoms with van der Waals surface area (Å²) in [5, 5.41) is 7.42. The highest BCUT2D eigenvalue weighted by molar-refractivity contribution is 7.90. The van der Waals surface area contributed by atoms with Crippen molar-refractivity contribution in [3.8, 4) is 0 Å². The molecule has 1 aromatic carbocycles. The molecule has 5 nitrogen and oxygen atoms in total. The molecule has 216 valence electrons. The lowest BCUT2D eigenvalue weighted by Crippen LogP contribution is -2.24. The largest absolute Gasteiger partial charge is 0.481 e. The number of nitrogens with zero attached hydrogens (tertiary/aromatic N) is 1. The fourth-order valence-electron chi connectivity index (χ4n) is 3.87. The Hall–Kier alpha value is -2.62. The van der Waals surface area contributed by atoms with Crippen molar-refractivity contribution in [2.45, 2.75) is 78.9 Å². The van der Waals surface area contributed by atoms with Gasteiger partial charge in [-0.25, -0.2) is 12.8 Å². The fraction of sp³-hybridized carbons (Fsp3) is 0.536.